The summed E-state index contributed by atoms with van der Waals surface area (Å²) in [5.41, 5.74) is -0.0678. The highest BCUT2D eigenvalue weighted by molar-refractivity contribution is 5.82. The summed E-state index contributed by atoms with van der Waals surface area (Å²) in [7, 11) is 0. The lowest BCUT2D eigenvalue weighted by Gasteiger charge is -2.20. The molecule has 1 atom stereocenters. The van der Waals surface area contributed by atoms with Crippen molar-refractivity contribution >= 4 is 5.78 Å². The van der Waals surface area contributed by atoms with Gasteiger partial charge in [-0.25, -0.2) is 0 Å². The first-order valence-electron chi connectivity index (χ1n) is 5.16. The zero-order valence-electron chi connectivity index (χ0n) is 8.93. The van der Waals surface area contributed by atoms with E-state index in [-0.39, 0.29) is 5.60 Å². The summed E-state index contributed by atoms with van der Waals surface area (Å²) in [6.45, 7) is 6.86. The average molecular weight is 184 g/mol. The second-order valence-electron chi connectivity index (χ2n) is 4.80. The van der Waals surface area contributed by atoms with Gasteiger partial charge in [-0.1, -0.05) is 0 Å². The summed E-state index contributed by atoms with van der Waals surface area (Å²) in [4.78, 5) is 11.3. The van der Waals surface area contributed by atoms with Crippen molar-refractivity contribution in [2.75, 3.05) is 6.61 Å². The molecule has 1 rings (SSSR count). The van der Waals surface area contributed by atoms with E-state index in [9.17, 15) is 4.79 Å². The van der Waals surface area contributed by atoms with Gasteiger partial charge in [-0.2, -0.15) is 0 Å². The molecule has 0 N–H and O–H groups in total. The van der Waals surface area contributed by atoms with E-state index in [0.717, 1.165) is 32.3 Å². The summed E-state index contributed by atoms with van der Waals surface area (Å²) in [6.07, 6.45) is 3.86. The maximum atomic E-state index is 11.3. The lowest BCUT2D eigenvalue weighted by Crippen LogP contribution is -2.21. The van der Waals surface area contributed by atoms with Crippen molar-refractivity contribution in [1.82, 2.24) is 0 Å². The van der Waals surface area contributed by atoms with Gasteiger partial charge < -0.3 is 4.74 Å². The minimum atomic E-state index is -0.0678. The Morgan fingerprint density at radius 3 is 2.62 bits per heavy atom. The normalized spacial score (nSPS) is 23.9. The van der Waals surface area contributed by atoms with Gasteiger partial charge in [0.2, 0.25) is 0 Å². The molecule has 0 aromatic carbocycles. The van der Waals surface area contributed by atoms with Crippen molar-refractivity contribution in [3.8, 4) is 0 Å². The van der Waals surface area contributed by atoms with Gasteiger partial charge in [0.1, 0.15) is 5.78 Å². The molecule has 0 radical (unpaired) electrons. The van der Waals surface area contributed by atoms with Crippen LogP contribution in [0.15, 0.2) is 0 Å². The van der Waals surface area contributed by atoms with Gasteiger partial charge >= 0.3 is 0 Å². The highest BCUT2D eigenvalue weighted by Crippen LogP contribution is 2.24. The highest BCUT2D eigenvalue weighted by Gasteiger charge is 2.24. The van der Waals surface area contributed by atoms with Crippen molar-refractivity contribution in [3.05, 3.63) is 0 Å². The van der Waals surface area contributed by atoms with Crippen LogP contribution in [-0.2, 0) is 9.53 Å². The van der Waals surface area contributed by atoms with Gasteiger partial charge in [0.05, 0.1) is 5.60 Å². The van der Waals surface area contributed by atoms with Crippen molar-refractivity contribution in [2.45, 2.75) is 52.1 Å². The predicted octanol–water partition coefficient (Wildman–Crippen LogP) is 2.56. The molecule has 2 nitrogen and oxygen atoms in total. The van der Waals surface area contributed by atoms with Gasteiger partial charge in [0.15, 0.2) is 0 Å². The van der Waals surface area contributed by atoms with Crippen LogP contribution < -0.4 is 0 Å². The Morgan fingerprint density at radius 1 is 1.46 bits per heavy atom. The van der Waals surface area contributed by atoms with Crippen LogP contribution in [0.1, 0.15) is 46.5 Å². The van der Waals surface area contributed by atoms with Crippen LogP contribution in [0.4, 0.5) is 0 Å². The fraction of sp³-hybridized carbons (Fsp3) is 0.909. The number of ether oxygens (including phenoxy) is 1. The minimum absolute atomic E-state index is 0.0678. The van der Waals surface area contributed by atoms with E-state index in [1.165, 1.54) is 0 Å². The van der Waals surface area contributed by atoms with E-state index in [1.54, 1.807) is 0 Å². The quantitative estimate of drug-likeness (QED) is 0.673. The van der Waals surface area contributed by atoms with Crippen LogP contribution in [0, 0.1) is 5.92 Å². The number of hydrogen-bond donors (Lipinski definition) is 0. The van der Waals surface area contributed by atoms with Crippen molar-refractivity contribution in [3.63, 3.8) is 0 Å². The van der Waals surface area contributed by atoms with Gasteiger partial charge in [0, 0.05) is 18.9 Å². The third-order valence-electron chi connectivity index (χ3n) is 2.43. The van der Waals surface area contributed by atoms with E-state index >= 15 is 0 Å². The fourth-order valence-corrected chi connectivity index (χ4v) is 1.70. The van der Waals surface area contributed by atoms with Crippen LogP contribution in [0.25, 0.3) is 0 Å². The first-order valence-corrected chi connectivity index (χ1v) is 5.16. The number of Topliss-reactive ketones (excluding diaryl/α,β-unsaturated/α-hetero) is 1. The third kappa shape index (κ3) is 3.90. The van der Waals surface area contributed by atoms with Crippen molar-refractivity contribution in [1.29, 1.82) is 0 Å². The standard InChI is InChI=1S/C11H20O2/c1-11(2,3)13-8-7-9-5-4-6-10(9)12/h9H,4-8H2,1-3H3. The smallest absolute Gasteiger partial charge is 0.136 e. The van der Waals surface area contributed by atoms with E-state index in [1.807, 2.05) is 20.8 Å². The Kier molecular flexibility index (Phi) is 3.48. The van der Waals surface area contributed by atoms with Crippen LogP contribution in [-0.4, -0.2) is 18.0 Å². The maximum Gasteiger partial charge on any atom is 0.136 e. The topological polar surface area (TPSA) is 26.3 Å². The largest absolute Gasteiger partial charge is 0.376 e. The molecule has 0 heterocycles. The molecule has 0 saturated heterocycles. The molecule has 1 fully saturated rings. The summed E-state index contributed by atoms with van der Waals surface area (Å²) in [5.74, 6) is 0.736. The fourth-order valence-electron chi connectivity index (χ4n) is 1.70. The molecule has 0 amide bonds. The van der Waals surface area contributed by atoms with Crippen molar-refractivity contribution in [2.24, 2.45) is 5.92 Å². The second kappa shape index (κ2) is 4.23. The highest BCUT2D eigenvalue weighted by atomic mass is 16.5. The number of rotatable bonds is 3. The van der Waals surface area contributed by atoms with E-state index in [0.29, 0.717) is 11.7 Å². The van der Waals surface area contributed by atoms with Crippen LogP contribution in [0.2, 0.25) is 0 Å². The first-order chi connectivity index (χ1) is 5.99. The molecule has 0 aliphatic heterocycles. The Morgan fingerprint density at radius 2 is 2.15 bits per heavy atom. The molecule has 0 aromatic heterocycles. The average Bonchev–Trinajstić information content (AvgIpc) is 2.34. The molecule has 1 unspecified atom stereocenters. The molecule has 13 heavy (non-hydrogen) atoms. The van der Waals surface area contributed by atoms with Gasteiger partial charge in [-0.3, -0.25) is 4.79 Å². The Balaban J connectivity index is 2.16. The predicted molar refractivity (Wildman–Crippen MR) is 52.7 cm³/mol. The Labute approximate surface area is 80.7 Å². The van der Waals surface area contributed by atoms with Crippen LogP contribution in [0.5, 0.6) is 0 Å². The van der Waals surface area contributed by atoms with Gasteiger partial charge in [-0.05, 0) is 40.0 Å². The molecular formula is C11H20O2. The second-order valence-corrected chi connectivity index (χ2v) is 4.80. The lowest BCUT2D eigenvalue weighted by molar-refractivity contribution is -0.121. The number of hydrogen-bond acceptors (Lipinski definition) is 2. The minimum Gasteiger partial charge on any atom is -0.376 e. The molecule has 0 spiro atoms. The molecular weight excluding hydrogens is 164 g/mol. The zero-order valence-corrected chi connectivity index (χ0v) is 8.93. The summed E-state index contributed by atoms with van der Waals surface area (Å²) < 4.78 is 5.59. The van der Waals surface area contributed by atoms with Gasteiger partial charge in [0.25, 0.3) is 0 Å². The summed E-state index contributed by atoms with van der Waals surface area (Å²) in [6, 6.07) is 0. The third-order valence-corrected chi connectivity index (χ3v) is 2.43. The van der Waals surface area contributed by atoms with Gasteiger partial charge in [-0.15, -0.1) is 0 Å². The lowest BCUT2D eigenvalue weighted by atomic mass is 10.0. The molecule has 76 valence electrons. The van der Waals surface area contributed by atoms with E-state index in [4.69, 9.17) is 4.74 Å². The molecule has 1 aliphatic carbocycles. The zero-order chi connectivity index (χ0) is 9.90. The first kappa shape index (κ1) is 10.7. The van der Waals surface area contributed by atoms with E-state index < -0.39 is 0 Å². The monoisotopic (exact) mass is 184 g/mol. The number of carbonyl (C=O) groups excluding carboxylic acids is 1. The molecule has 1 saturated carbocycles. The Bertz CT molecular complexity index is 179. The number of carbonyl (C=O) groups is 1. The summed E-state index contributed by atoms with van der Waals surface area (Å²) in [5, 5.41) is 0. The molecule has 2 heteroatoms. The van der Waals surface area contributed by atoms with Crippen LogP contribution >= 0.6 is 0 Å². The molecule has 0 bridgehead atoms. The van der Waals surface area contributed by atoms with E-state index in [2.05, 4.69) is 0 Å². The maximum absolute atomic E-state index is 11.3. The summed E-state index contributed by atoms with van der Waals surface area (Å²) >= 11 is 0. The SMILES string of the molecule is CC(C)(C)OCCC1CCCC1=O. The van der Waals surface area contributed by atoms with Crippen LogP contribution in [0.3, 0.4) is 0 Å². The Hall–Kier alpha value is -0.370. The molecule has 1 aliphatic rings. The molecule has 0 aromatic rings. The van der Waals surface area contributed by atoms with Crippen molar-refractivity contribution < 1.29 is 9.53 Å². The number of ketones is 1.